The number of hydrogen-bond donors (Lipinski definition) is 2. The number of non-ortho nitro benzene ring substituents is 1. The Morgan fingerprint density at radius 1 is 1.10 bits per heavy atom. The van der Waals surface area contributed by atoms with Crippen molar-refractivity contribution in [3.63, 3.8) is 0 Å². The minimum atomic E-state index is -0.881. The van der Waals surface area contributed by atoms with Crippen LogP contribution in [0, 0.1) is 10.1 Å². The number of halogens is 1. The molecular weight excluding hydrogens is 474 g/mol. The van der Waals surface area contributed by atoms with Crippen molar-refractivity contribution >= 4 is 45.5 Å². The number of hydrogen-bond acceptors (Lipinski definition) is 7. The van der Waals surface area contributed by atoms with Crippen LogP contribution >= 0.6 is 15.9 Å². The molecule has 0 saturated carbocycles. The van der Waals surface area contributed by atoms with Crippen LogP contribution in [-0.2, 0) is 16.2 Å². The molecular formula is C20H16BrN3O7. The van der Waals surface area contributed by atoms with Gasteiger partial charge in [0.15, 0.2) is 11.5 Å². The lowest BCUT2D eigenvalue weighted by molar-refractivity contribution is -0.384. The third-order valence-electron chi connectivity index (χ3n) is 4.09. The van der Waals surface area contributed by atoms with Gasteiger partial charge in [-0.05, 0) is 52.2 Å². The number of nitrogens with one attached hydrogen (secondary N) is 2. The Balaban J connectivity index is 1.89. The number of ether oxygens (including phenoxy) is 2. The molecule has 2 aromatic rings. The van der Waals surface area contributed by atoms with E-state index in [4.69, 9.17) is 9.47 Å². The fraction of sp³-hybridized carbons (Fsp3) is 0.150. The van der Waals surface area contributed by atoms with Crippen molar-refractivity contribution < 1.29 is 28.8 Å². The largest absolute Gasteiger partial charge is 0.490 e. The van der Waals surface area contributed by atoms with E-state index in [1.165, 1.54) is 18.2 Å². The molecule has 1 aliphatic heterocycles. The maximum Gasteiger partial charge on any atom is 0.328 e. The van der Waals surface area contributed by atoms with Crippen LogP contribution in [0.15, 0.2) is 46.4 Å². The number of nitro groups is 1. The van der Waals surface area contributed by atoms with Crippen LogP contribution in [-0.4, -0.2) is 29.4 Å². The van der Waals surface area contributed by atoms with Gasteiger partial charge in [0, 0.05) is 12.1 Å². The van der Waals surface area contributed by atoms with Crippen molar-refractivity contribution in [3.05, 3.63) is 67.7 Å². The molecule has 31 heavy (non-hydrogen) atoms. The van der Waals surface area contributed by atoms with Gasteiger partial charge in [0.1, 0.15) is 12.2 Å². The number of urea groups is 1. The van der Waals surface area contributed by atoms with E-state index >= 15 is 0 Å². The number of nitrogens with zero attached hydrogens (tertiary/aromatic N) is 1. The minimum Gasteiger partial charge on any atom is -0.490 e. The van der Waals surface area contributed by atoms with Crippen molar-refractivity contribution in [1.82, 2.24) is 10.6 Å². The summed E-state index contributed by atoms with van der Waals surface area (Å²) in [5.41, 5.74) is 0.761. The molecule has 1 fully saturated rings. The molecule has 0 aromatic heterocycles. The van der Waals surface area contributed by atoms with Gasteiger partial charge < -0.3 is 9.47 Å². The molecule has 11 heteroatoms. The van der Waals surface area contributed by atoms with Crippen LogP contribution in [0.25, 0.3) is 6.08 Å². The highest BCUT2D eigenvalue weighted by Gasteiger charge is 2.28. The van der Waals surface area contributed by atoms with Gasteiger partial charge in [-0.15, -0.1) is 0 Å². The van der Waals surface area contributed by atoms with E-state index < -0.39 is 22.8 Å². The number of barbiturate groups is 1. The van der Waals surface area contributed by atoms with E-state index in [1.54, 1.807) is 31.2 Å². The van der Waals surface area contributed by atoms with Gasteiger partial charge in [0.25, 0.3) is 17.5 Å². The number of carbonyl (C=O) groups is 3. The summed E-state index contributed by atoms with van der Waals surface area (Å²) in [7, 11) is 0. The average molecular weight is 490 g/mol. The number of nitro benzene ring substituents is 1. The standard InChI is InChI=1S/C20H16BrN3O7/c1-2-30-16-9-12(7-14-18(25)22-20(27)23-19(14)26)8-15(21)17(16)31-10-11-4-3-5-13(6-11)24(28)29/h3-9H,2,10H2,1H3,(H2,22,23,25,26,27). The molecule has 0 radical (unpaired) electrons. The van der Waals surface area contributed by atoms with Crippen molar-refractivity contribution in [2.75, 3.05) is 6.61 Å². The molecule has 1 aliphatic rings. The van der Waals surface area contributed by atoms with E-state index in [-0.39, 0.29) is 17.9 Å². The Kier molecular flexibility index (Phi) is 6.65. The lowest BCUT2D eigenvalue weighted by Gasteiger charge is -2.16. The number of imide groups is 2. The summed E-state index contributed by atoms with van der Waals surface area (Å²) in [6.07, 6.45) is 1.31. The predicted octanol–water partition coefficient (Wildman–Crippen LogP) is 3.08. The first-order valence-corrected chi connectivity index (χ1v) is 9.78. The van der Waals surface area contributed by atoms with Crippen LogP contribution in [0.2, 0.25) is 0 Å². The van der Waals surface area contributed by atoms with E-state index in [9.17, 15) is 24.5 Å². The zero-order valence-corrected chi connectivity index (χ0v) is 17.7. The zero-order chi connectivity index (χ0) is 22.5. The summed E-state index contributed by atoms with van der Waals surface area (Å²) in [4.78, 5) is 45.5. The maximum absolute atomic E-state index is 11.9. The lowest BCUT2D eigenvalue weighted by Crippen LogP contribution is -2.51. The minimum absolute atomic E-state index is 0.0466. The quantitative estimate of drug-likeness (QED) is 0.263. The summed E-state index contributed by atoms with van der Waals surface area (Å²) < 4.78 is 11.9. The molecule has 160 valence electrons. The topological polar surface area (TPSA) is 137 Å². The van der Waals surface area contributed by atoms with Crippen LogP contribution < -0.4 is 20.1 Å². The summed E-state index contributed by atoms with van der Waals surface area (Å²) in [5, 5.41) is 14.9. The van der Waals surface area contributed by atoms with Gasteiger partial charge in [-0.1, -0.05) is 12.1 Å². The molecule has 1 heterocycles. The smallest absolute Gasteiger partial charge is 0.328 e. The molecule has 10 nitrogen and oxygen atoms in total. The SMILES string of the molecule is CCOc1cc(C=C2C(=O)NC(=O)NC2=O)cc(Br)c1OCc1cccc([N+](=O)[O-])c1. The van der Waals surface area contributed by atoms with Crippen molar-refractivity contribution in [2.24, 2.45) is 0 Å². The maximum atomic E-state index is 11.9. The van der Waals surface area contributed by atoms with Gasteiger partial charge in [-0.3, -0.25) is 30.3 Å². The Morgan fingerprint density at radius 2 is 1.81 bits per heavy atom. The monoisotopic (exact) mass is 489 g/mol. The summed E-state index contributed by atoms with van der Waals surface area (Å²) in [6.45, 7) is 2.14. The average Bonchev–Trinajstić information content (AvgIpc) is 2.70. The van der Waals surface area contributed by atoms with Crippen molar-refractivity contribution in [1.29, 1.82) is 0 Å². The second-order valence-electron chi connectivity index (χ2n) is 6.27. The highest BCUT2D eigenvalue weighted by molar-refractivity contribution is 9.10. The number of rotatable bonds is 7. The molecule has 2 N–H and O–H groups in total. The first-order chi connectivity index (χ1) is 14.8. The van der Waals surface area contributed by atoms with Crippen LogP contribution in [0.5, 0.6) is 11.5 Å². The van der Waals surface area contributed by atoms with E-state index in [1.807, 2.05) is 10.6 Å². The molecule has 3 rings (SSSR count). The lowest BCUT2D eigenvalue weighted by atomic mass is 10.1. The van der Waals surface area contributed by atoms with E-state index in [0.29, 0.717) is 33.7 Å². The van der Waals surface area contributed by atoms with Gasteiger partial charge in [-0.2, -0.15) is 0 Å². The summed E-state index contributed by atoms with van der Waals surface area (Å²) in [5.74, 6) is -0.937. The molecule has 4 amide bonds. The first-order valence-electron chi connectivity index (χ1n) is 8.99. The van der Waals surface area contributed by atoms with Crippen LogP contribution in [0.4, 0.5) is 10.5 Å². The highest BCUT2D eigenvalue weighted by atomic mass is 79.9. The zero-order valence-electron chi connectivity index (χ0n) is 16.1. The van der Waals surface area contributed by atoms with Gasteiger partial charge in [0.2, 0.25) is 0 Å². The van der Waals surface area contributed by atoms with E-state index in [0.717, 1.165) is 0 Å². The number of carbonyl (C=O) groups excluding carboxylic acids is 3. The summed E-state index contributed by atoms with van der Waals surface area (Å²) >= 11 is 3.39. The van der Waals surface area contributed by atoms with Crippen molar-refractivity contribution in [3.8, 4) is 11.5 Å². The molecule has 1 saturated heterocycles. The second kappa shape index (κ2) is 9.39. The molecule has 0 bridgehead atoms. The van der Waals surface area contributed by atoms with Gasteiger partial charge in [-0.25, -0.2) is 4.79 Å². The van der Waals surface area contributed by atoms with Crippen LogP contribution in [0.3, 0.4) is 0 Å². The third kappa shape index (κ3) is 5.25. The number of amides is 4. The Morgan fingerprint density at radius 3 is 2.45 bits per heavy atom. The molecule has 0 spiro atoms. The third-order valence-corrected chi connectivity index (χ3v) is 4.68. The normalized spacial score (nSPS) is 13.4. The Bertz CT molecular complexity index is 1090. The Labute approximate surface area is 184 Å². The van der Waals surface area contributed by atoms with Gasteiger partial charge in [0.05, 0.1) is 16.0 Å². The van der Waals surface area contributed by atoms with E-state index in [2.05, 4.69) is 15.9 Å². The summed E-state index contributed by atoms with van der Waals surface area (Å²) in [6, 6.07) is 8.36. The highest BCUT2D eigenvalue weighted by Crippen LogP contribution is 2.38. The van der Waals surface area contributed by atoms with Gasteiger partial charge >= 0.3 is 6.03 Å². The second-order valence-corrected chi connectivity index (χ2v) is 7.13. The molecule has 0 aliphatic carbocycles. The van der Waals surface area contributed by atoms with Crippen molar-refractivity contribution in [2.45, 2.75) is 13.5 Å². The number of benzene rings is 2. The predicted molar refractivity (Wildman–Crippen MR) is 112 cm³/mol. The molecule has 2 aromatic carbocycles. The fourth-order valence-electron chi connectivity index (χ4n) is 2.76. The molecule has 0 atom stereocenters. The first kappa shape index (κ1) is 22.0. The van der Waals surface area contributed by atoms with Crippen LogP contribution in [0.1, 0.15) is 18.1 Å². The molecule has 0 unspecified atom stereocenters. The fourth-order valence-corrected chi connectivity index (χ4v) is 3.34. The Hall–Kier alpha value is -3.73.